The number of fused-ring (bicyclic) bond motifs is 2. The summed E-state index contributed by atoms with van der Waals surface area (Å²) in [5, 5.41) is 17.6. The van der Waals surface area contributed by atoms with Gasteiger partial charge in [-0.25, -0.2) is 0 Å². The number of rotatable bonds is 3. The molecule has 0 heterocycles. The van der Waals surface area contributed by atoms with Gasteiger partial charge in [0.25, 0.3) is 0 Å². The molecule has 2 fully saturated rings. The van der Waals surface area contributed by atoms with Gasteiger partial charge in [0.2, 0.25) is 0 Å². The largest absolute Gasteiger partial charge is 0.507 e. The van der Waals surface area contributed by atoms with E-state index in [9.17, 15) is 5.11 Å². The van der Waals surface area contributed by atoms with Crippen LogP contribution in [0.1, 0.15) is 31.2 Å². The Morgan fingerprint density at radius 3 is 2.85 bits per heavy atom. The number of phenolic OH excluding ortho intramolecular Hbond substituents is 1. The highest BCUT2D eigenvalue weighted by atomic mass is 32.1. The molecule has 0 aliphatic heterocycles. The number of aromatic hydroxyl groups is 1. The molecule has 0 unspecified atom stereocenters. The SMILES string of the molecule is Oc1ccccc1/C=N\NC(=S)N[C@H]1C[C@@H]2CC[C@@H]1C2. The molecule has 2 aliphatic rings. The van der Waals surface area contributed by atoms with Crippen molar-refractivity contribution in [3.05, 3.63) is 29.8 Å². The van der Waals surface area contributed by atoms with Crippen LogP contribution in [0.2, 0.25) is 0 Å². The van der Waals surface area contributed by atoms with Crippen LogP contribution in [-0.4, -0.2) is 22.5 Å². The predicted octanol–water partition coefficient (Wildman–Crippen LogP) is 2.38. The van der Waals surface area contributed by atoms with E-state index in [1.807, 2.05) is 6.07 Å². The first-order valence-corrected chi connectivity index (χ1v) is 7.51. The second-order valence-electron chi connectivity index (χ2n) is 5.68. The van der Waals surface area contributed by atoms with Gasteiger partial charge >= 0.3 is 0 Å². The maximum Gasteiger partial charge on any atom is 0.187 e. The molecule has 106 valence electrons. The molecule has 0 radical (unpaired) electrons. The molecule has 0 saturated heterocycles. The number of hydrogen-bond acceptors (Lipinski definition) is 3. The second-order valence-corrected chi connectivity index (χ2v) is 6.09. The van der Waals surface area contributed by atoms with Crippen molar-refractivity contribution in [1.29, 1.82) is 0 Å². The van der Waals surface area contributed by atoms with Gasteiger partial charge in [-0.3, -0.25) is 5.43 Å². The molecule has 4 nitrogen and oxygen atoms in total. The first kappa shape index (κ1) is 13.4. The maximum absolute atomic E-state index is 9.61. The molecule has 3 atom stereocenters. The Balaban J connectivity index is 1.49. The molecular weight excluding hydrogens is 270 g/mol. The van der Waals surface area contributed by atoms with E-state index in [-0.39, 0.29) is 5.75 Å². The molecule has 0 amide bonds. The van der Waals surface area contributed by atoms with Crippen LogP contribution in [0.25, 0.3) is 0 Å². The Labute approximate surface area is 124 Å². The van der Waals surface area contributed by atoms with Gasteiger partial charge in [0.05, 0.1) is 6.21 Å². The molecular formula is C15H19N3OS. The van der Waals surface area contributed by atoms with Crippen molar-refractivity contribution in [2.24, 2.45) is 16.9 Å². The number of nitrogens with one attached hydrogen (secondary N) is 2. The summed E-state index contributed by atoms with van der Waals surface area (Å²) >= 11 is 5.26. The van der Waals surface area contributed by atoms with Gasteiger partial charge < -0.3 is 10.4 Å². The molecule has 0 aromatic heterocycles. The smallest absolute Gasteiger partial charge is 0.187 e. The Bertz CT molecular complexity index is 532. The highest BCUT2D eigenvalue weighted by Gasteiger charge is 2.39. The van der Waals surface area contributed by atoms with E-state index in [0.29, 0.717) is 16.7 Å². The van der Waals surface area contributed by atoms with Gasteiger partial charge in [0.1, 0.15) is 5.75 Å². The van der Waals surface area contributed by atoms with Crippen LogP contribution in [-0.2, 0) is 0 Å². The fourth-order valence-electron chi connectivity index (χ4n) is 3.38. The Morgan fingerprint density at radius 2 is 2.15 bits per heavy atom. The minimum absolute atomic E-state index is 0.213. The van der Waals surface area contributed by atoms with Gasteiger partial charge in [-0.05, 0) is 55.4 Å². The molecule has 2 aliphatic carbocycles. The lowest BCUT2D eigenvalue weighted by Crippen LogP contribution is -2.42. The van der Waals surface area contributed by atoms with Crippen molar-refractivity contribution < 1.29 is 5.11 Å². The van der Waals surface area contributed by atoms with Crippen LogP contribution in [0, 0.1) is 11.8 Å². The number of hydrazone groups is 1. The van der Waals surface area contributed by atoms with Gasteiger partial charge in [0.15, 0.2) is 5.11 Å². The fraction of sp³-hybridized carbons (Fsp3) is 0.467. The molecule has 3 N–H and O–H groups in total. The van der Waals surface area contributed by atoms with Crippen molar-refractivity contribution in [3.63, 3.8) is 0 Å². The van der Waals surface area contributed by atoms with Crippen molar-refractivity contribution in [2.45, 2.75) is 31.7 Å². The number of para-hydroxylation sites is 1. The zero-order valence-electron chi connectivity index (χ0n) is 11.2. The lowest BCUT2D eigenvalue weighted by Gasteiger charge is -2.23. The van der Waals surface area contributed by atoms with Crippen molar-refractivity contribution in [3.8, 4) is 5.75 Å². The summed E-state index contributed by atoms with van der Waals surface area (Å²) < 4.78 is 0. The van der Waals surface area contributed by atoms with Crippen LogP contribution in [0.15, 0.2) is 29.4 Å². The summed E-state index contributed by atoms with van der Waals surface area (Å²) in [6, 6.07) is 7.57. The van der Waals surface area contributed by atoms with Gasteiger partial charge in [-0.1, -0.05) is 18.6 Å². The zero-order valence-corrected chi connectivity index (χ0v) is 12.1. The van der Waals surface area contributed by atoms with Gasteiger partial charge in [-0.2, -0.15) is 5.10 Å². The van der Waals surface area contributed by atoms with E-state index in [1.54, 1.807) is 24.4 Å². The van der Waals surface area contributed by atoms with E-state index in [2.05, 4.69) is 15.8 Å². The Kier molecular flexibility index (Phi) is 3.87. The summed E-state index contributed by atoms with van der Waals surface area (Å²) in [5.74, 6) is 1.89. The van der Waals surface area contributed by atoms with E-state index in [0.717, 1.165) is 11.8 Å². The first-order chi connectivity index (χ1) is 9.72. The highest BCUT2D eigenvalue weighted by Crippen LogP contribution is 2.44. The van der Waals surface area contributed by atoms with Crippen molar-refractivity contribution >= 4 is 23.5 Å². The maximum atomic E-state index is 9.61. The highest BCUT2D eigenvalue weighted by molar-refractivity contribution is 7.80. The van der Waals surface area contributed by atoms with Gasteiger partial charge in [-0.15, -0.1) is 0 Å². The molecule has 3 rings (SSSR count). The number of hydrogen-bond donors (Lipinski definition) is 3. The summed E-state index contributed by atoms with van der Waals surface area (Å²) in [7, 11) is 0. The van der Waals surface area contributed by atoms with E-state index in [4.69, 9.17) is 12.2 Å². The molecule has 1 aromatic rings. The summed E-state index contributed by atoms with van der Waals surface area (Å²) in [6.45, 7) is 0. The Hall–Kier alpha value is -1.62. The average molecular weight is 289 g/mol. The number of benzene rings is 1. The van der Waals surface area contributed by atoms with Crippen molar-refractivity contribution in [2.75, 3.05) is 0 Å². The summed E-state index contributed by atoms with van der Waals surface area (Å²) in [5.41, 5.74) is 3.49. The van der Waals surface area contributed by atoms with Crippen LogP contribution in [0.4, 0.5) is 0 Å². The quantitative estimate of drug-likeness (QED) is 0.454. The number of phenols is 1. The Morgan fingerprint density at radius 1 is 1.30 bits per heavy atom. The van der Waals surface area contributed by atoms with E-state index in [1.165, 1.54) is 25.7 Å². The van der Waals surface area contributed by atoms with Crippen LogP contribution < -0.4 is 10.7 Å². The van der Waals surface area contributed by atoms with Crippen LogP contribution in [0.5, 0.6) is 5.75 Å². The fourth-order valence-corrected chi connectivity index (χ4v) is 3.58. The standard InChI is InChI=1S/C15H19N3OS/c19-14-4-2-1-3-12(14)9-16-18-15(20)17-13-8-10-5-6-11(13)7-10/h1-4,9-11,13,19H,5-8H2,(H2,17,18,20)/b16-9-/t10-,11-,13+/m1/s1. The van der Waals surface area contributed by atoms with E-state index >= 15 is 0 Å². The molecule has 1 aromatic carbocycles. The average Bonchev–Trinajstić information content (AvgIpc) is 3.03. The molecule has 5 heteroatoms. The van der Waals surface area contributed by atoms with Crippen LogP contribution >= 0.6 is 12.2 Å². The van der Waals surface area contributed by atoms with E-state index < -0.39 is 0 Å². The summed E-state index contributed by atoms with van der Waals surface area (Å²) in [4.78, 5) is 0. The topological polar surface area (TPSA) is 56.7 Å². The number of thiocarbonyl (C=S) groups is 1. The summed E-state index contributed by atoms with van der Waals surface area (Å²) in [6.07, 6.45) is 6.86. The van der Waals surface area contributed by atoms with Gasteiger partial charge in [0, 0.05) is 11.6 Å². The third kappa shape index (κ3) is 2.93. The number of nitrogens with zero attached hydrogens (tertiary/aromatic N) is 1. The minimum atomic E-state index is 0.213. The molecule has 2 bridgehead atoms. The first-order valence-electron chi connectivity index (χ1n) is 7.10. The molecule has 0 spiro atoms. The zero-order chi connectivity index (χ0) is 13.9. The van der Waals surface area contributed by atoms with Crippen LogP contribution in [0.3, 0.4) is 0 Å². The third-order valence-electron chi connectivity index (χ3n) is 4.36. The minimum Gasteiger partial charge on any atom is -0.507 e. The normalized spacial score (nSPS) is 27.9. The molecule has 20 heavy (non-hydrogen) atoms. The third-order valence-corrected chi connectivity index (χ3v) is 4.57. The lowest BCUT2D eigenvalue weighted by molar-refractivity contribution is 0.389. The second kappa shape index (κ2) is 5.79. The predicted molar refractivity (Wildman–Crippen MR) is 83.8 cm³/mol. The monoisotopic (exact) mass is 289 g/mol. The van der Waals surface area contributed by atoms with Crippen molar-refractivity contribution in [1.82, 2.24) is 10.7 Å². The molecule has 2 saturated carbocycles. The lowest BCUT2D eigenvalue weighted by atomic mass is 9.96.